The van der Waals surface area contributed by atoms with Gasteiger partial charge < -0.3 is 9.15 Å². The molecule has 0 bridgehead atoms. The third kappa shape index (κ3) is 2.09. The highest BCUT2D eigenvalue weighted by atomic mass is 35.5. The van der Waals surface area contributed by atoms with E-state index < -0.39 is 0 Å². The Kier molecular flexibility index (Phi) is 3.04. The molecular weight excluding hydrogens is 276 g/mol. The number of rotatable bonds is 1. The highest BCUT2D eigenvalue weighted by Crippen LogP contribution is 2.37. The maximum atomic E-state index is 9.33. The van der Waals surface area contributed by atoms with Crippen molar-refractivity contribution in [2.24, 2.45) is 0 Å². The van der Waals surface area contributed by atoms with E-state index in [1.54, 1.807) is 12.3 Å². The molecule has 102 valence electrons. The highest BCUT2D eigenvalue weighted by Gasteiger charge is 2.32. The molecule has 1 aliphatic rings. The Bertz CT molecular complexity index is 700. The summed E-state index contributed by atoms with van der Waals surface area (Å²) >= 11 is 6.16. The molecule has 0 radical (unpaired) electrons. The summed E-state index contributed by atoms with van der Waals surface area (Å²) in [7, 11) is 0. The number of ether oxygens (including phenoxy) is 1. The Morgan fingerprint density at radius 1 is 1.40 bits per heavy atom. The number of nitrogens with zero attached hydrogens (tertiary/aromatic N) is 2. The van der Waals surface area contributed by atoms with Gasteiger partial charge in [-0.3, -0.25) is 0 Å². The van der Waals surface area contributed by atoms with E-state index in [9.17, 15) is 5.26 Å². The van der Waals surface area contributed by atoms with Crippen molar-refractivity contribution >= 4 is 11.6 Å². The Morgan fingerprint density at radius 3 is 2.85 bits per heavy atom. The van der Waals surface area contributed by atoms with Crippen LogP contribution < -0.4 is 0 Å². The van der Waals surface area contributed by atoms with Crippen LogP contribution in [0.4, 0.5) is 0 Å². The van der Waals surface area contributed by atoms with Crippen LogP contribution >= 0.6 is 11.6 Å². The van der Waals surface area contributed by atoms with Crippen LogP contribution in [0.5, 0.6) is 0 Å². The summed E-state index contributed by atoms with van der Waals surface area (Å²) in [6, 6.07) is 5.77. The Hall–Kier alpha value is -1.83. The lowest BCUT2D eigenvalue weighted by molar-refractivity contribution is -0.0400. The van der Waals surface area contributed by atoms with Gasteiger partial charge in [0.2, 0.25) is 0 Å². The van der Waals surface area contributed by atoms with Crippen LogP contribution in [0.25, 0.3) is 11.5 Å². The summed E-state index contributed by atoms with van der Waals surface area (Å²) in [6.45, 7) is 4.40. The van der Waals surface area contributed by atoms with Crippen LogP contribution in [-0.2, 0) is 17.8 Å². The van der Waals surface area contributed by atoms with Gasteiger partial charge in [-0.05, 0) is 31.5 Å². The first-order valence-electron chi connectivity index (χ1n) is 6.31. The summed E-state index contributed by atoms with van der Waals surface area (Å²) in [5.74, 6) is 0.635. The van der Waals surface area contributed by atoms with Crippen molar-refractivity contribution in [3.05, 3.63) is 40.2 Å². The van der Waals surface area contributed by atoms with E-state index in [2.05, 4.69) is 11.1 Å². The molecular formula is C15H13ClN2O2. The summed E-state index contributed by atoms with van der Waals surface area (Å²) < 4.78 is 11.2. The first kappa shape index (κ1) is 13.2. The number of hydrogen-bond donors (Lipinski definition) is 0. The fraction of sp³-hybridized carbons (Fsp3) is 0.333. The van der Waals surface area contributed by atoms with Crippen LogP contribution in [0, 0.1) is 11.3 Å². The monoisotopic (exact) mass is 288 g/mol. The molecule has 20 heavy (non-hydrogen) atoms. The first-order chi connectivity index (χ1) is 9.52. The summed E-state index contributed by atoms with van der Waals surface area (Å²) in [5, 5.41) is 9.55. The molecule has 0 amide bonds. The average molecular weight is 289 g/mol. The van der Waals surface area contributed by atoms with Crippen molar-refractivity contribution < 1.29 is 9.15 Å². The van der Waals surface area contributed by atoms with Crippen molar-refractivity contribution in [3.63, 3.8) is 0 Å². The minimum Gasteiger partial charge on any atom is -0.463 e. The third-order valence-corrected chi connectivity index (χ3v) is 3.72. The molecule has 0 aliphatic carbocycles. The SMILES string of the molecule is CC1(C)Cc2c(C#N)c(Cl)nc(-c3ccco3)c2CO1. The van der Waals surface area contributed by atoms with E-state index in [0.29, 0.717) is 30.0 Å². The van der Waals surface area contributed by atoms with Crippen LogP contribution in [-0.4, -0.2) is 10.6 Å². The number of furan rings is 1. The van der Waals surface area contributed by atoms with Gasteiger partial charge in [0.1, 0.15) is 16.9 Å². The molecule has 3 rings (SSSR count). The van der Waals surface area contributed by atoms with Gasteiger partial charge in [0, 0.05) is 12.0 Å². The number of pyridine rings is 1. The zero-order valence-electron chi connectivity index (χ0n) is 11.2. The van der Waals surface area contributed by atoms with Gasteiger partial charge in [0.15, 0.2) is 5.76 Å². The molecule has 3 heterocycles. The topological polar surface area (TPSA) is 59.0 Å². The van der Waals surface area contributed by atoms with Gasteiger partial charge in [0.25, 0.3) is 0 Å². The van der Waals surface area contributed by atoms with Crippen LogP contribution in [0.3, 0.4) is 0 Å². The number of aromatic nitrogens is 1. The standard InChI is InChI=1S/C15H13ClN2O2/c1-15(2)6-9-10(7-17)14(16)18-13(11(9)8-20-15)12-4-3-5-19-12/h3-5H,6,8H2,1-2H3. The van der Waals surface area contributed by atoms with Gasteiger partial charge in [0.05, 0.1) is 24.0 Å². The minimum atomic E-state index is -0.316. The smallest absolute Gasteiger partial charge is 0.152 e. The fourth-order valence-electron chi connectivity index (χ4n) is 2.47. The quantitative estimate of drug-likeness (QED) is 0.750. The van der Waals surface area contributed by atoms with Crippen molar-refractivity contribution in [1.29, 1.82) is 5.26 Å². The van der Waals surface area contributed by atoms with Crippen molar-refractivity contribution in [1.82, 2.24) is 4.98 Å². The molecule has 0 saturated carbocycles. The lowest BCUT2D eigenvalue weighted by Gasteiger charge is -2.33. The van der Waals surface area contributed by atoms with Crippen molar-refractivity contribution in [3.8, 4) is 17.5 Å². The van der Waals surface area contributed by atoms with E-state index in [4.69, 9.17) is 20.8 Å². The maximum Gasteiger partial charge on any atom is 0.152 e. The molecule has 5 heteroatoms. The number of hydrogen-bond acceptors (Lipinski definition) is 4. The van der Waals surface area contributed by atoms with Crippen molar-refractivity contribution in [2.45, 2.75) is 32.5 Å². The predicted octanol–water partition coefficient (Wildman–Crippen LogP) is 3.72. The zero-order valence-corrected chi connectivity index (χ0v) is 12.0. The molecule has 4 nitrogen and oxygen atoms in total. The number of fused-ring (bicyclic) bond motifs is 1. The van der Waals surface area contributed by atoms with Gasteiger partial charge in [-0.1, -0.05) is 11.6 Å². The highest BCUT2D eigenvalue weighted by molar-refractivity contribution is 6.30. The molecule has 0 aromatic carbocycles. The molecule has 0 spiro atoms. The third-order valence-electron chi connectivity index (χ3n) is 3.44. The largest absolute Gasteiger partial charge is 0.463 e. The number of halogens is 1. The Labute approximate surface area is 121 Å². The number of nitriles is 1. The van der Waals surface area contributed by atoms with E-state index in [-0.39, 0.29) is 10.8 Å². The van der Waals surface area contributed by atoms with Gasteiger partial charge >= 0.3 is 0 Å². The van der Waals surface area contributed by atoms with Crippen LogP contribution in [0.2, 0.25) is 5.15 Å². The molecule has 0 N–H and O–H groups in total. The first-order valence-corrected chi connectivity index (χ1v) is 6.69. The van der Waals surface area contributed by atoms with E-state index in [0.717, 1.165) is 11.1 Å². The second kappa shape index (κ2) is 4.62. The molecule has 2 aromatic rings. The van der Waals surface area contributed by atoms with E-state index in [1.807, 2.05) is 19.9 Å². The lowest BCUT2D eigenvalue weighted by atomic mass is 9.88. The lowest BCUT2D eigenvalue weighted by Crippen LogP contribution is -2.33. The maximum absolute atomic E-state index is 9.33. The zero-order chi connectivity index (χ0) is 14.3. The minimum absolute atomic E-state index is 0.218. The second-order valence-electron chi connectivity index (χ2n) is 5.40. The summed E-state index contributed by atoms with van der Waals surface area (Å²) in [4.78, 5) is 4.32. The van der Waals surface area contributed by atoms with Gasteiger partial charge in [-0.2, -0.15) is 5.26 Å². The van der Waals surface area contributed by atoms with Gasteiger partial charge in [-0.25, -0.2) is 4.98 Å². The fourth-order valence-corrected chi connectivity index (χ4v) is 2.71. The predicted molar refractivity (Wildman–Crippen MR) is 74.2 cm³/mol. The molecule has 0 fully saturated rings. The molecule has 1 aliphatic heterocycles. The van der Waals surface area contributed by atoms with Gasteiger partial charge in [-0.15, -0.1) is 0 Å². The molecule has 0 saturated heterocycles. The molecule has 2 aromatic heterocycles. The Morgan fingerprint density at radius 2 is 2.20 bits per heavy atom. The molecule has 0 unspecified atom stereocenters. The summed E-state index contributed by atoms with van der Waals surface area (Å²) in [5.41, 5.74) is 2.58. The van der Waals surface area contributed by atoms with E-state index in [1.165, 1.54) is 0 Å². The van der Waals surface area contributed by atoms with Crippen LogP contribution in [0.1, 0.15) is 30.5 Å². The Balaban J connectivity index is 2.26. The second-order valence-corrected chi connectivity index (χ2v) is 5.76. The summed E-state index contributed by atoms with van der Waals surface area (Å²) in [6.07, 6.45) is 2.21. The van der Waals surface area contributed by atoms with Crippen LogP contribution in [0.15, 0.2) is 22.8 Å². The molecule has 0 atom stereocenters. The van der Waals surface area contributed by atoms with Crippen molar-refractivity contribution in [2.75, 3.05) is 0 Å². The normalized spacial score (nSPS) is 16.5. The van der Waals surface area contributed by atoms with E-state index >= 15 is 0 Å². The average Bonchev–Trinajstić information content (AvgIpc) is 2.90.